The lowest BCUT2D eigenvalue weighted by molar-refractivity contribution is -0.137. The second-order valence-corrected chi connectivity index (χ2v) is 6.71. The SMILES string of the molecule is Cl.Oc1cc(C(F)(F)F)ccc1-c1nnc(N[C@@H]2CCCNC2)c2ncccc12. The highest BCUT2D eigenvalue weighted by atomic mass is 35.5. The Morgan fingerprint density at radius 3 is 2.69 bits per heavy atom. The first-order valence-electron chi connectivity index (χ1n) is 8.93. The molecule has 10 heteroatoms. The predicted molar refractivity (Wildman–Crippen MR) is 106 cm³/mol. The van der Waals surface area contributed by atoms with E-state index < -0.39 is 17.5 Å². The number of piperidine rings is 1. The molecule has 6 nitrogen and oxygen atoms in total. The Kier molecular flexibility index (Phi) is 6.09. The van der Waals surface area contributed by atoms with Crippen molar-refractivity contribution < 1.29 is 18.3 Å². The van der Waals surface area contributed by atoms with E-state index in [1.807, 2.05) is 0 Å². The third-order valence-corrected chi connectivity index (χ3v) is 4.76. The minimum Gasteiger partial charge on any atom is -0.507 e. The number of alkyl halides is 3. The zero-order chi connectivity index (χ0) is 19.7. The van der Waals surface area contributed by atoms with Gasteiger partial charge < -0.3 is 15.7 Å². The van der Waals surface area contributed by atoms with Crippen LogP contribution in [0.15, 0.2) is 36.5 Å². The maximum Gasteiger partial charge on any atom is 0.416 e. The number of hydrogen-bond acceptors (Lipinski definition) is 6. The number of phenolic OH excluding ortho intramolecular Hbond substituents is 1. The second-order valence-electron chi connectivity index (χ2n) is 6.71. The third-order valence-electron chi connectivity index (χ3n) is 4.76. The predicted octanol–water partition coefficient (Wildman–Crippen LogP) is 4.00. The number of hydrogen-bond donors (Lipinski definition) is 3. The minimum absolute atomic E-state index is 0. The summed E-state index contributed by atoms with van der Waals surface area (Å²) in [7, 11) is 0. The summed E-state index contributed by atoms with van der Waals surface area (Å²) < 4.78 is 38.6. The molecule has 3 heterocycles. The van der Waals surface area contributed by atoms with Gasteiger partial charge in [0.2, 0.25) is 0 Å². The lowest BCUT2D eigenvalue weighted by atomic mass is 10.0. The van der Waals surface area contributed by atoms with Crippen molar-refractivity contribution in [2.75, 3.05) is 18.4 Å². The molecule has 3 aromatic rings. The molecular formula is C19H19ClF3N5O. The van der Waals surface area contributed by atoms with E-state index in [1.54, 1.807) is 18.3 Å². The van der Waals surface area contributed by atoms with E-state index in [2.05, 4.69) is 25.8 Å². The van der Waals surface area contributed by atoms with Crippen LogP contribution in [0.5, 0.6) is 5.75 Å². The number of halogens is 4. The molecule has 2 aromatic heterocycles. The van der Waals surface area contributed by atoms with E-state index in [0.29, 0.717) is 22.8 Å². The molecule has 154 valence electrons. The number of benzene rings is 1. The van der Waals surface area contributed by atoms with Crippen molar-refractivity contribution in [3.63, 3.8) is 0 Å². The fourth-order valence-corrected chi connectivity index (χ4v) is 3.36. The summed E-state index contributed by atoms with van der Waals surface area (Å²) >= 11 is 0. The zero-order valence-electron chi connectivity index (χ0n) is 15.2. The van der Waals surface area contributed by atoms with Crippen LogP contribution in [0.3, 0.4) is 0 Å². The van der Waals surface area contributed by atoms with Crippen molar-refractivity contribution in [1.29, 1.82) is 0 Å². The monoisotopic (exact) mass is 425 g/mol. The molecule has 0 saturated carbocycles. The Balaban J connectivity index is 0.00000240. The summed E-state index contributed by atoms with van der Waals surface area (Å²) in [4.78, 5) is 4.37. The van der Waals surface area contributed by atoms with Gasteiger partial charge in [0.15, 0.2) is 5.82 Å². The average Bonchev–Trinajstić information content (AvgIpc) is 2.69. The summed E-state index contributed by atoms with van der Waals surface area (Å²) in [5.74, 6) is 0.00548. The molecule has 29 heavy (non-hydrogen) atoms. The number of phenols is 1. The third kappa shape index (κ3) is 4.35. The van der Waals surface area contributed by atoms with E-state index in [9.17, 15) is 18.3 Å². The van der Waals surface area contributed by atoms with Gasteiger partial charge in [0.25, 0.3) is 0 Å². The Labute approximate surface area is 171 Å². The molecule has 1 aromatic carbocycles. The molecule has 0 amide bonds. The number of aromatic nitrogens is 3. The molecule has 0 aliphatic carbocycles. The molecular weight excluding hydrogens is 407 g/mol. The summed E-state index contributed by atoms with van der Waals surface area (Å²) in [6.07, 6.45) is -0.879. The van der Waals surface area contributed by atoms with Crippen LogP contribution in [0.4, 0.5) is 19.0 Å². The number of aromatic hydroxyl groups is 1. The van der Waals surface area contributed by atoms with E-state index in [0.717, 1.165) is 32.0 Å². The van der Waals surface area contributed by atoms with Crippen molar-refractivity contribution >= 4 is 29.1 Å². The van der Waals surface area contributed by atoms with E-state index in [1.165, 1.54) is 6.07 Å². The first-order valence-corrected chi connectivity index (χ1v) is 8.93. The fraction of sp³-hybridized carbons (Fsp3) is 0.316. The normalized spacial score (nSPS) is 17.0. The summed E-state index contributed by atoms with van der Waals surface area (Å²) in [6.45, 7) is 1.78. The van der Waals surface area contributed by atoms with Crippen LogP contribution in [0.1, 0.15) is 18.4 Å². The first kappa shape index (κ1) is 21.1. The van der Waals surface area contributed by atoms with Crippen LogP contribution in [0.25, 0.3) is 22.2 Å². The highest BCUT2D eigenvalue weighted by Gasteiger charge is 2.31. The number of rotatable bonds is 3. The topological polar surface area (TPSA) is 83.0 Å². The largest absolute Gasteiger partial charge is 0.507 e. The number of nitrogens with one attached hydrogen (secondary N) is 2. The quantitative estimate of drug-likeness (QED) is 0.588. The highest BCUT2D eigenvalue weighted by Crippen LogP contribution is 2.38. The van der Waals surface area contributed by atoms with Crippen LogP contribution in [0.2, 0.25) is 0 Å². The molecule has 1 aliphatic heterocycles. The van der Waals surface area contributed by atoms with Crippen LogP contribution < -0.4 is 10.6 Å². The van der Waals surface area contributed by atoms with Gasteiger partial charge >= 0.3 is 6.18 Å². The van der Waals surface area contributed by atoms with Crippen LogP contribution in [-0.2, 0) is 6.18 Å². The summed E-state index contributed by atoms with van der Waals surface area (Å²) in [6, 6.07) is 6.47. The van der Waals surface area contributed by atoms with Crippen molar-refractivity contribution in [2.24, 2.45) is 0 Å². The van der Waals surface area contributed by atoms with Gasteiger partial charge in [0.05, 0.1) is 5.56 Å². The van der Waals surface area contributed by atoms with Gasteiger partial charge in [0.1, 0.15) is 17.0 Å². The summed E-state index contributed by atoms with van der Waals surface area (Å²) in [5.41, 5.74) is 0.0793. The molecule has 0 bridgehead atoms. The molecule has 3 N–H and O–H groups in total. The van der Waals surface area contributed by atoms with E-state index >= 15 is 0 Å². The molecule has 0 spiro atoms. The van der Waals surface area contributed by atoms with Gasteiger partial charge in [-0.2, -0.15) is 13.2 Å². The Morgan fingerprint density at radius 1 is 1.17 bits per heavy atom. The number of fused-ring (bicyclic) bond motifs is 1. The smallest absolute Gasteiger partial charge is 0.416 e. The molecule has 0 radical (unpaired) electrons. The van der Waals surface area contributed by atoms with Gasteiger partial charge in [-0.15, -0.1) is 22.6 Å². The zero-order valence-corrected chi connectivity index (χ0v) is 16.0. The maximum absolute atomic E-state index is 12.9. The van der Waals surface area contributed by atoms with Crippen LogP contribution >= 0.6 is 12.4 Å². The van der Waals surface area contributed by atoms with Gasteiger partial charge in [-0.3, -0.25) is 4.98 Å². The Hall–Kier alpha value is -2.65. The average molecular weight is 426 g/mol. The highest BCUT2D eigenvalue weighted by molar-refractivity contribution is 5.98. The van der Waals surface area contributed by atoms with E-state index in [-0.39, 0.29) is 29.7 Å². The number of nitrogens with zero attached hydrogens (tertiary/aromatic N) is 3. The van der Waals surface area contributed by atoms with Crippen molar-refractivity contribution in [2.45, 2.75) is 25.1 Å². The number of anilines is 1. The van der Waals surface area contributed by atoms with Crippen LogP contribution in [-0.4, -0.2) is 39.4 Å². The minimum atomic E-state index is -4.53. The van der Waals surface area contributed by atoms with Crippen molar-refractivity contribution in [3.05, 3.63) is 42.1 Å². The van der Waals surface area contributed by atoms with Crippen LogP contribution in [0, 0.1) is 0 Å². The van der Waals surface area contributed by atoms with Gasteiger partial charge in [-0.05, 0) is 49.7 Å². The Morgan fingerprint density at radius 2 is 2.00 bits per heavy atom. The second kappa shape index (κ2) is 8.38. The standard InChI is InChI=1S/C19H18F3N5O.ClH/c20-19(21,22)11-5-6-13(15(28)9-11)16-14-4-2-8-24-17(14)18(27-26-16)25-12-3-1-7-23-10-12;/h2,4-6,8-9,12,23,28H,1,3,7,10H2,(H,25,27);1H/t12-;/m1./s1. The van der Waals surface area contributed by atoms with Gasteiger partial charge in [-0.1, -0.05) is 0 Å². The molecule has 1 saturated heterocycles. The van der Waals surface area contributed by atoms with E-state index in [4.69, 9.17) is 0 Å². The fourth-order valence-electron chi connectivity index (χ4n) is 3.36. The summed E-state index contributed by atoms with van der Waals surface area (Å²) in [5, 5.41) is 25.8. The maximum atomic E-state index is 12.9. The van der Waals surface area contributed by atoms with Gasteiger partial charge in [-0.25, -0.2) is 0 Å². The van der Waals surface area contributed by atoms with Crippen molar-refractivity contribution in [3.8, 4) is 17.0 Å². The van der Waals surface area contributed by atoms with Gasteiger partial charge in [0, 0.05) is 29.7 Å². The van der Waals surface area contributed by atoms with Crippen molar-refractivity contribution in [1.82, 2.24) is 20.5 Å². The molecule has 1 fully saturated rings. The molecule has 1 atom stereocenters. The molecule has 4 rings (SSSR count). The lowest BCUT2D eigenvalue weighted by Crippen LogP contribution is -2.38. The molecule has 0 unspecified atom stereocenters. The Bertz CT molecular complexity index is 1010. The lowest BCUT2D eigenvalue weighted by Gasteiger charge is -2.24. The molecule has 1 aliphatic rings. The number of pyridine rings is 1. The first-order chi connectivity index (χ1) is 13.4.